The summed E-state index contributed by atoms with van der Waals surface area (Å²) in [5.41, 5.74) is 3.98. The number of nitrogens with one attached hydrogen (secondary N) is 1. The molecule has 0 spiro atoms. The molecule has 1 aromatic heterocycles. The molecule has 1 aliphatic heterocycles. The summed E-state index contributed by atoms with van der Waals surface area (Å²) in [6.45, 7) is 2.29. The van der Waals surface area contributed by atoms with Gasteiger partial charge in [0.05, 0.1) is 6.54 Å². The Balaban J connectivity index is 1.40. The minimum Gasteiger partial charge on any atom is -0.321 e. The third-order valence-electron chi connectivity index (χ3n) is 4.74. The first kappa shape index (κ1) is 19.0. The second-order valence-electron chi connectivity index (χ2n) is 6.93. The van der Waals surface area contributed by atoms with Crippen LogP contribution in [0.1, 0.15) is 34.5 Å². The number of likely N-dealkylation sites (tertiary alicyclic amines) is 1. The summed E-state index contributed by atoms with van der Waals surface area (Å²) >= 11 is 1.43. The molecule has 6 nitrogen and oxygen atoms in total. The highest BCUT2D eigenvalue weighted by Crippen LogP contribution is 2.24. The van der Waals surface area contributed by atoms with Crippen LogP contribution in [-0.4, -0.2) is 27.6 Å². The Morgan fingerprint density at radius 3 is 2.34 bits per heavy atom. The molecular weight excluding hydrogens is 386 g/mol. The van der Waals surface area contributed by atoms with Gasteiger partial charge in [-0.2, -0.15) is 0 Å². The first-order chi connectivity index (χ1) is 14.0. The van der Waals surface area contributed by atoms with Gasteiger partial charge >= 0.3 is 0 Å². The van der Waals surface area contributed by atoms with Crippen LogP contribution in [0.4, 0.5) is 5.69 Å². The lowest BCUT2D eigenvalue weighted by molar-refractivity contribution is -0.139. The smallest absolute Gasteiger partial charge is 0.275 e. The number of rotatable bonds is 5. The molecule has 0 saturated carbocycles. The predicted octanol–water partition coefficient (Wildman–Crippen LogP) is 4.02. The van der Waals surface area contributed by atoms with Gasteiger partial charge in [0.15, 0.2) is 0 Å². The summed E-state index contributed by atoms with van der Waals surface area (Å²) in [6, 6.07) is 15.1. The van der Waals surface area contributed by atoms with Gasteiger partial charge in [-0.15, -0.1) is 11.3 Å². The van der Waals surface area contributed by atoms with Crippen LogP contribution >= 0.6 is 11.3 Å². The highest BCUT2D eigenvalue weighted by Gasteiger charge is 2.28. The van der Waals surface area contributed by atoms with Gasteiger partial charge in [-0.25, -0.2) is 4.98 Å². The Morgan fingerprint density at radius 2 is 1.69 bits per heavy atom. The second kappa shape index (κ2) is 7.97. The molecule has 4 rings (SSSR count). The molecule has 1 N–H and O–H groups in total. The molecule has 3 amide bonds. The molecule has 1 saturated heterocycles. The van der Waals surface area contributed by atoms with Gasteiger partial charge in [0.25, 0.3) is 5.91 Å². The van der Waals surface area contributed by atoms with E-state index in [0.717, 1.165) is 16.1 Å². The lowest BCUT2D eigenvalue weighted by Crippen LogP contribution is -2.28. The Kier molecular flexibility index (Phi) is 5.22. The maximum atomic E-state index is 12.5. The minimum atomic E-state index is -0.280. The van der Waals surface area contributed by atoms with E-state index >= 15 is 0 Å². The fourth-order valence-corrected chi connectivity index (χ4v) is 3.88. The van der Waals surface area contributed by atoms with E-state index in [4.69, 9.17) is 0 Å². The van der Waals surface area contributed by atoms with Gasteiger partial charge in [-0.3, -0.25) is 19.3 Å². The standard InChI is InChI=1S/C22H19N3O3S/c1-14-2-6-16(7-3-14)22-24-18(13-29-22)21(28)23-17-8-4-15(5-9-17)12-25-19(26)10-11-20(25)27/h2-9,13H,10-12H2,1H3,(H,23,28). The fourth-order valence-electron chi connectivity index (χ4n) is 3.08. The van der Waals surface area contributed by atoms with Crippen LogP contribution in [0.3, 0.4) is 0 Å². The minimum absolute atomic E-state index is 0.139. The molecule has 1 aliphatic rings. The molecule has 146 valence electrons. The van der Waals surface area contributed by atoms with Crippen molar-refractivity contribution in [3.63, 3.8) is 0 Å². The third kappa shape index (κ3) is 4.25. The Morgan fingerprint density at radius 1 is 1.03 bits per heavy atom. The fraction of sp³-hybridized carbons (Fsp3) is 0.182. The van der Waals surface area contributed by atoms with Crippen LogP contribution in [-0.2, 0) is 16.1 Å². The number of hydrogen-bond donors (Lipinski definition) is 1. The number of carbonyl (C=O) groups excluding carboxylic acids is 3. The monoisotopic (exact) mass is 405 g/mol. The predicted molar refractivity (Wildman–Crippen MR) is 111 cm³/mol. The third-order valence-corrected chi connectivity index (χ3v) is 5.63. The van der Waals surface area contributed by atoms with Crippen molar-refractivity contribution >= 4 is 34.7 Å². The molecule has 29 heavy (non-hydrogen) atoms. The van der Waals surface area contributed by atoms with E-state index in [2.05, 4.69) is 10.3 Å². The summed E-state index contributed by atoms with van der Waals surface area (Å²) in [5, 5.41) is 5.36. The van der Waals surface area contributed by atoms with Gasteiger partial charge in [0, 0.05) is 29.5 Å². The number of amides is 3. The normalized spacial score (nSPS) is 13.8. The molecule has 0 radical (unpaired) electrons. The van der Waals surface area contributed by atoms with Crippen LogP contribution in [0, 0.1) is 6.92 Å². The summed E-state index contributed by atoms with van der Waals surface area (Å²) in [5.74, 6) is -0.558. The van der Waals surface area contributed by atoms with Gasteiger partial charge < -0.3 is 5.32 Å². The lowest BCUT2D eigenvalue weighted by Gasteiger charge is -2.14. The van der Waals surface area contributed by atoms with Gasteiger partial charge in [-0.05, 0) is 24.6 Å². The van der Waals surface area contributed by atoms with Crippen molar-refractivity contribution in [3.8, 4) is 10.6 Å². The van der Waals surface area contributed by atoms with Crippen LogP contribution in [0.5, 0.6) is 0 Å². The highest BCUT2D eigenvalue weighted by atomic mass is 32.1. The number of anilines is 1. The van der Waals surface area contributed by atoms with Crippen LogP contribution in [0.25, 0.3) is 10.6 Å². The van der Waals surface area contributed by atoms with Crippen molar-refractivity contribution in [2.75, 3.05) is 5.32 Å². The van der Waals surface area contributed by atoms with Crippen molar-refractivity contribution in [1.29, 1.82) is 0 Å². The van der Waals surface area contributed by atoms with E-state index in [0.29, 0.717) is 11.4 Å². The number of carbonyl (C=O) groups is 3. The zero-order chi connectivity index (χ0) is 20.4. The number of imide groups is 1. The Bertz CT molecular complexity index is 1060. The van der Waals surface area contributed by atoms with E-state index in [1.54, 1.807) is 29.6 Å². The summed E-state index contributed by atoms with van der Waals surface area (Å²) < 4.78 is 0. The summed E-state index contributed by atoms with van der Waals surface area (Å²) in [6.07, 6.45) is 0.566. The van der Waals surface area contributed by atoms with Crippen molar-refractivity contribution in [3.05, 3.63) is 70.7 Å². The zero-order valence-corrected chi connectivity index (χ0v) is 16.7. The second-order valence-corrected chi connectivity index (χ2v) is 7.79. The summed E-state index contributed by atoms with van der Waals surface area (Å²) in [7, 11) is 0. The molecule has 0 aliphatic carbocycles. The first-order valence-corrected chi connectivity index (χ1v) is 10.1. The van der Waals surface area contributed by atoms with Gasteiger partial charge in [-0.1, -0.05) is 42.0 Å². The summed E-state index contributed by atoms with van der Waals surface area (Å²) in [4.78, 5) is 41.6. The van der Waals surface area contributed by atoms with E-state index < -0.39 is 0 Å². The van der Waals surface area contributed by atoms with Crippen LogP contribution in [0.2, 0.25) is 0 Å². The maximum Gasteiger partial charge on any atom is 0.275 e. The topological polar surface area (TPSA) is 79.4 Å². The van der Waals surface area contributed by atoms with E-state index in [-0.39, 0.29) is 37.1 Å². The molecule has 0 atom stereocenters. The Labute approximate surface area is 172 Å². The van der Waals surface area contributed by atoms with Crippen molar-refractivity contribution in [1.82, 2.24) is 9.88 Å². The average Bonchev–Trinajstić information content (AvgIpc) is 3.33. The number of nitrogens with zero attached hydrogens (tertiary/aromatic N) is 2. The molecular formula is C22H19N3O3S. The average molecular weight is 405 g/mol. The quantitative estimate of drug-likeness (QED) is 0.650. The van der Waals surface area contributed by atoms with E-state index in [9.17, 15) is 14.4 Å². The molecule has 0 bridgehead atoms. The largest absolute Gasteiger partial charge is 0.321 e. The van der Waals surface area contributed by atoms with Gasteiger partial charge in [0.1, 0.15) is 10.7 Å². The number of hydrogen-bond acceptors (Lipinski definition) is 5. The van der Waals surface area contributed by atoms with E-state index in [1.807, 2.05) is 31.2 Å². The van der Waals surface area contributed by atoms with Crippen LogP contribution < -0.4 is 5.32 Å². The maximum absolute atomic E-state index is 12.5. The number of benzene rings is 2. The molecule has 2 aromatic carbocycles. The molecule has 2 heterocycles. The molecule has 0 unspecified atom stereocenters. The zero-order valence-electron chi connectivity index (χ0n) is 15.8. The molecule has 7 heteroatoms. The van der Waals surface area contributed by atoms with Gasteiger partial charge in [0.2, 0.25) is 11.8 Å². The van der Waals surface area contributed by atoms with E-state index in [1.165, 1.54) is 21.8 Å². The number of aromatic nitrogens is 1. The highest BCUT2D eigenvalue weighted by molar-refractivity contribution is 7.13. The first-order valence-electron chi connectivity index (χ1n) is 9.25. The van der Waals surface area contributed by atoms with Crippen LogP contribution in [0.15, 0.2) is 53.9 Å². The van der Waals surface area contributed by atoms with Crippen molar-refractivity contribution in [2.45, 2.75) is 26.3 Å². The molecule has 3 aromatic rings. The number of thiazole rings is 1. The Hall–Kier alpha value is -3.32. The van der Waals surface area contributed by atoms with Crippen molar-refractivity contribution in [2.24, 2.45) is 0 Å². The lowest BCUT2D eigenvalue weighted by atomic mass is 10.2. The molecule has 1 fully saturated rings. The SMILES string of the molecule is Cc1ccc(-c2nc(C(=O)Nc3ccc(CN4C(=O)CCC4=O)cc3)cs2)cc1. The van der Waals surface area contributed by atoms with Crippen molar-refractivity contribution < 1.29 is 14.4 Å². The number of aryl methyl sites for hydroxylation is 1.